The van der Waals surface area contributed by atoms with Crippen LogP contribution in [0.1, 0.15) is 25.5 Å². The molecule has 0 fully saturated rings. The second kappa shape index (κ2) is 19.0. The van der Waals surface area contributed by atoms with Gasteiger partial charge in [0, 0.05) is 60.1 Å². The van der Waals surface area contributed by atoms with Crippen LogP contribution in [0.15, 0.2) is 0 Å². The number of aliphatic hydroxyl groups excluding tert-OH is 4. The lowest BCUT2D eigenvalue weighted by atomic mass is 10.0. The molecule has 9 nitrogen and oxygen atoms in total. The maximum atomic E-state index is 11.5. The molecule has 0 aromatic carbocycles. The van der Waals surface area contributed by atoms with Crippen molar-refractivity contribution in [1.29, 1.82) is 0 Å². The molecule has 0 aliphatic carbocycles. The van der Waals surface area contributed by atoms with E-state index < -0.39 is 36.3 Å². The van der Waals surface area contributed by atoms with Crippen LogP contribution < -0.4 is 11.1 Å². The minimum absolute atomic E-state index is 0. The summed E-state index contributed by atoms with van der Waals surface area (Å²) in [6.45, 7) is 1.65. The molecule has 0 aliphatic heterocycles. The number of hydrogen-bond donors (Lipinski definition) is 7. The van der Waals surface area contributed by atoms with Crippen molar-refractivity contribution in [2.24, 2.45) is 0 Å². The van der Waals surface area contributed by atoms with Crippen molar-refractivity contribution in [3.8, 4) is 83.0 Å². The van der Waals surface area contributed by atoms with Gasteiger partial charge in [-0.15, -0.1) is 0 Å². The summed E-state index contributed by atoms with van der Waals surface area (Å²) in [5.41, 5.74) is 3.25. The average molecular weight is 450 g/mol. The van der Waals surface area contributed by atoms with Crippen molar-refractivity contribution < 1.29 is 59.4 Å². The SMILES string of the molecule is CC#CC#CC#CC#CC#CC#CC#CNC(=O)[C@@H](O)[C@H](O)[C@@H](O)[C@@H](O)C(=O)O.C[NH3+].[HH].[HH].[HH].[HH].[HH].[HH].[HH].[HH].[HH].[HH].[HH].[HH].[HH]. The van der Waals surface area contributed by atoms with Gasteiger partial charge in [-0.3, -0.25) is 10.1 Å². The first-order chi connectivity index (χ1) is 14.8. The molecule has 31 heavy (non-hydrogen) atoms. The molecule has 0 aromatic heterocycles. The van der Waals surface area contributed by atoms with Crippen LogP contribution in [0.4, 0.5) is 0 Å². The molecule has 184 valence electrons. The smallest absolute Gasteiger partial charge is 0.335 e. The monoisotopic (exact) mass is 449 g/mol. The van der Waals surface area contributed by atoms with Crippen LogP contribution in [0, 0.1) is 83.0 Å². The van der Waals surface area contributed by atoms with E-state index in [2.05, 4.69) is 82.7 Å². The Kier molecular flexibility index (Phi) is 17.7. The molecular weight excluding hydrogens is 404 g/mol. The van der Waals surface area contributed by atoms with Gasteiger partial charge in [-0.2, -0.15) is 0 Å². The molecule has 4 atom stereocenters. The van der Waals surface area contributed by atoms with Crippen molar-refractivity contribution in [1.82, 2.24) is 5.32 Å². The highest BCUT2D eigenvalue weighted by molar-refractivity contribution is 5.83. The normalized spacial score (nSPS) is 11.1. The van der Waals surface area contributed by atoms with Gasteiger partial charge in [-0.25, -0.2) is 4.79 Å². The van der Waals surface area contributed by atoms with Crippen LogP contribution in [0.3, 0.4) is 0 Å². The zero-order valence-corrected chi connectivity index (χ0v) is 16.6. The molecule has 0 unspecified atom stereocenters. The summed E-state index contributed by atoms with van der Waals surface area (Å²) < 4.78 is 0. The van der Waals surface area contributed by atoms with Gasteiger partial charge in [-0.05, 0) is 42.4 Å². The van der Waals surface area contributed by atoms with Crippen LogP contribution in [0.2, 0.25) is 0 Å². The molecule has 0 rings (SSSR count). The Morgan fingerprint density at radius 1 is 0.710 bits per heavy atom. The van der Waals surface area contributed by atoms with Gasteiger partial charge in [0.05, 0.1) is 7.05 Å². The number of carbonyl (C=O) groups is 2. The Balaban J connectivity index is -0.0000000422. The van der Waals surface area contributed by atoms with E-state index in [1.807, 2.05) is 11.4 Å². The summed E-state index contributed by atoms with van der Waals surface area (Å²) in [5.74, 6) is 27.9. The van der Waals surface area contributed by atoms with Crippen LogP contribution in [-0.4, -0.2) is 68.9 Å². The van der Waals surface area contributed by atoms with Crippen molar-refractivity contribution in [2.75, 3.05) is 7.05 Å². The molecule has 0 spiro atoms. The summed E-state index contributed by atoms with van der Waals surface area (Å²) in [7, 11) is 1.75. The first-order valence-electron chi connectivity index (χ1n) is 8.20. The van der Waals surface area contributed by atoms with Crippen LogP contribution >= 0.6 is 0 Å². The highest BCUT2D eigenvalue weighted by Crippen LogP contribution is 2.05. The summed E-state index contributed by atoms with van der Waals surface area (Å²) in [6.07, 6.45) is -9.18. The molecule has 0 aliphatic rings. The fourth-order valence-corrected chi connectivity index (χ4v) is 1.25. The summed E-state index contributed by atoms with van der Waals surface area (Å²) in [4.78, 5) is 22.0. The highest BCUT2D eigenvalue weighted by Gasteiger charge is 2.37. The number of carboxylic acid groups (broad SMARTS) is 1. The van der Waals surface area contributed by atoms with E-state index in [1.54, 1.807) is 14.0 Å². The van der Waals surface area contributed by atoms with Gasteiger partial charge in [0.25, 0.3) is 5.91 Å². The molecule has 0 aromatic rings. The lowest BCUT2D eigenvalue weighted by molar-refractivity contribution is -0.325. The first-order valence-corrected chi connectivity index (χ1v) is 8.20. The van der Waals surface area contributed by atoms with E-state index in [1.165, 1.54) is 0 Å². The van der Waals surface area contributed by atoms with Crippen molar-refractivity contribution in [3.05, 3.63) is 0 Å². The molecule has 0 saturated heterocycles. The number of nitrogens with one attached hydrogen (secondary N) is 1. The van der Waals surface area contributed by atoms with E-state index in [0.717, 1.165) is 0 Å². The lowest BCUT2D eigenvalue weighted by Crippen LogP contribution is -2.52. The average Bonchev–Trinajstić information content (AvgIpc) is 2.78. The lowest BCUT2D eigenvalue weighted by Gasteiger charge is -2.23. The van der Waals surface area contributed by atoms with Crippen LogP contribution in [-0.2, 0) is 9.59 Å². The molecule has 1 amide bonds. The first kappa shape index (κ1) is 28.9. The number of carbonyl (C=O) groups excluding carboxylic acids is 1. The largest absolute Gasteiger partial charge is 0.479 e. The van der Waals surface area contributed by atoms with Gasteiger partial charge in [0.15, 0.2) is 12.2 Å². The van der Waals surface area contributed by atoms with Crippen molar-refractivity contribution in [2.45, 2.75) is 31.3 Å². The molecule has 0 radical (unpaired) electrons. The molecule has 9 heteroatoms. The van der Waals surface area contributed by atoms with Gasteiger partial charge in [0.2, 0.25) is 0 Å². The summed E-state index contributed by atoms with van der Waals surface area (Å²) >= 11 is 0. The fourth-order valence-electron chi connectivity index (χ4n) is 1.25. The third-order valence-electron chi connectivity index (χ3n) is 2.58. The summed E-state index contributed by atoms with van der Waals surface area (Å²) in [5, 5.41) is 47.7. The second-order valence-electron chi connectivity index (χ2n) is 4.57. The van der Waals surface area contributed by atoms with E-state index in [4.69, 9.17) is 10.2 Å². The fraction of sp³-hybridized carbons (Fsp3) is 0.273. The van der Waals surface area contributed by atoms with E-state index in [0.29, 0.717) is 0 Å². The van der Waals surface area contributed by atoms with Crippen LogP contribution in [0.5, 0.6) is 0 Å². The van der Waals surface area contributed by atoms with Gasteiger partial charge < -0.3 is 31.3 Å². The minimum Gasteiger partial charge on any atom is -0.479 e. The topological polar surface area (TPSA) is 175 Å². The Bertz CT molecular complexity index is 1100. The molecule has 9 N–H and O–H groups in total. The number of quaternary nitrogens is 1. The zero-order valence-electron chi connectivity index (χ0n) is 16.6. The quantitative estimate of drug-likeness (QED) is 0.201. The maximum absolute atomic E-state index is 11.5. The predicted octanol–water partition coefficient (Wildman–Crippen LogP) is -1.31. The third kappa shape index (κ3) is 14.3. The van der Waals surface area contributed by atoms with Gasteiger partial charge >= 0.3 is 5.97 Å². The molecule has 0 saturated carbocycles. The molecule has 0 heterocycles. The van der Waals surface area contributed by atoms with Crippen molar-refractivity contribution in [3.63, 3.8) is 0 Å². The molecular formula is C22H45N2O7+. The number of aliphatic carboxylic acids is 1. The molecule has 0 bridgehead atoms. The zero-order chi connectivity index (χ0) is 24.1. The van der Waals surface area contributed by atoms with Crippen molar-refractivity contribution >= 4 is 11.9 Å². The maximum Gasteiger partial charge on any atom is 0.335 e. The second-order valence-corrected chi connectivity index (χ2v) is 4.57. The Labute approximate surface area is 199 Å². The highest BCUT2D eigenvalue weighted by atomic mass is 16.4. The van der Waals surface area contributed by atoms with E-state index in [9.17, 15) is 24.9 Å². The third-order valence-corrected chi connectivity index (χ3v) is 2.58. The van der Waals surface area contributed by atoms with E-state index in [-0.39, 0.29) is 18.5 Å². The number of amides is 1. The van der Waals surface area contributed by atoms with Crippen LogP contribution in [0.25, 0.3) is 0 Å². The van der Waals surface area contributed by atoms with E-state index >= 15 is 0 Å². The Hall–Kier alpha value is -4.34. The predicted molar refractivity (Wildman–Crippen MR) is 136 cm³/mol. The Morgan fingerprint density at radius 2 is 1.06 bits per heavy atom. The number of carboxylic acids is 1. The minimum atomic E-state index is -2.39. The number of rotatable bonds is 5. The van der Waals surface area contributed by atoms with Gasteiger partial charge in [-0.1, -0.05) is 5.92 Å². The number of aliphatic hydroxyl groups is 4. The Morgan fingerprint density at radius 3 is 1.45 bits per heavy atom. The van der Waals surface area contributed by atoms with Gasteiger partial charge in [0.1, 0.15) is 12.2 Å². The standard InChI is InChI=1S/C21H13NO7.CH5N.13H2/c1-2-3-4-5-6-7-8-9-10-11-12-13-14-15-22-20(27)18(25)16(23)17(24)19(26)21(28)29;1-2;;;;;;;;;;;;;/h16-19,23-26H,1H3,(H,22,27)(H,28,29);2H2,1H3;13*1H/p+1/t16-,17-,18+,19-;;;;;;;;;;;;;;/m1............../s1. The summed E-state index contributed by atoms with van der Waals surface area (Å²) in [6, 6.07) is 2.04. The number of hydrogen-bond acceptors (Lipinski definition) is 6.